The minimum atomic E-state index is 0.334. The molecule has 0 rings (SSSR count). The summed E-state index contributed by atoms with van der Waals surface area (Å²) in [5, 5.41) is 3.37. The van der Waals surface area contributed by atoms with Gasteiger partial charge < -0.3 is 14.8 Å². The summed E-state index contributed by atoms with van der Waals surface area (Å²) in [7, 11) is 1.72. The number of hydrogen-bond acceptors (Lipinski definition) is 3. The van der Waals surface area contributed by atoms with E-state index in [-0.39, 0.29) is 0 Å². The molecule has 0 aliphatic carbocycles. The van der Waals surface area contributed by atoms with E-state index >= 15 is 0 Å². The van der Waals surface area contributed by atoms with Crippen molar-refractivity contribution in [3.8, 4) is 0 Å². The lowest BCUT2D eigenvalue weighted by Gasteiger charge is -2.18. The molecular formula is C11H25NO2. The first-order chi connectivity index (χ1) is 6.70. The molecule has 0 aromatic heterocycles. The van der Waals surface area contributed by atoms with Gasteiger partial charge in [-0.25, -0.2) is 0 Å². The summed E-state index contributed by atoms with van der Waals surface area (Å²) in [6.07, 6.45) is 2.39. The fraction of sp³-hybridized carbons (Fsp3) is 1.00. The molecule has 3 nitrogen and oxygen atoms in total. The molecule has 0 aliphatic rings. The van der Waals surface area contributed by atoms with Crippen molar-refractivity contribution in [2.75, 3.05) is 26.9 Å². The molecular weight excluding hydrogens is 178 g/mol. The van der Waals surface area contributed by atoms with Crippen molar-refractivity contribution in [1.82, 2.24) is 5.32 Å². The third kappa shape index (κ3) is 8.48. The molecule has 0 fully saturated rings. The Labute approximate surface area is 88.2 Å². The van der Waals surface area contributed by atoms with Crippen molar-refractivity contribution in [3.05, 3.63) is 0 Å². The maximum atomic E-state index is 5.64. The van der Waals surface area contributed by atoms with Gasteiger partial charge in [0.05, 0.1) is 6.10 Å². The fourth-order valence-corrected chi connectivity index (χ4v) is 1.49. The summed E-state index contributed by atoms with van der Waals surface area (Å²) in [5.74, 6) is 0. The molecule has 1 N–H and O–H groups in total. The van der Waals surface area contributed by atoms with Crippen molar-refractivity contribution in [1.29, 1.82) is 0 Å². The molecule has 0 radical (unpaired) electrons. The van der Waals surface area contributed by atoms with Crippen LogP contribution in [-0.4, -0.2) is 39.0 Å². The van der Waals surface area contributed by atoms with Crippen molar-refractivity contribution in [2.45, 2.75) is 45.8 Å². The SMILES string of the molecule is CCNC(C)CC(C)OCCCOC. The van der Waals surface area contributed by atoms with Crippen LogP contribution in [0.2, 0.25) is 0 Å². The fourth-order valence-electron chi connectivity index (χ4n) is 1.49. The van der Waals surface area contributed by atoms with Gasteiger partial charge in [0, 0.05) is 26.4 Å². The van der Waals surface area contributed by atoms with E-state index in [4.69, 9.17) is 9.47 Å². The standard InChI is InChI=1S/C11H25NO2/c1-5-12-10(2)9-11(3)14-8-6-7-13-4/h10-12H,5-9H2,1-4H3. The van der Waals surface area contributed by atoms with Crippen LogP contribution < -0.4 is 5.32 Å². The Kier molecular flexibility index (Phi) is 9.35. The molecule has 0 aromatic rings. The van der Waals surface area contributed by atoms with E-state index < -0.39 is 0 Å². The maximum Gasteiger partial charge on any atom is 0.0561 e. The Hall–Kier alpha value is -0.120. The number of rotatable bonds is 9. The highest BCUT2D eigenvalue weighted by Gasteiger charge is 2.07. The molecule has 0 amide bonds. The van der Waals surface area contributed by atoms with Crippen LogP contribution in [0.15, 0.2) is 0 Å². The topological polar surface area (TPSA) is 30.5 Å². The predicted octanol–water partition coefficient (Wildman–Crippen LogP) is 1.82. The largest absolute Gasteiger partial charge is 0.385 e. The van der Waals surface area contributed by atoms with Gasteiger partial charge in [-0.15, -0.1) is 0 Å². The molecule has 0 saturated carbocycles. The zero-order chi connectivity index (χ0) is 10.8. The summed E-state index contributed by atoms with van der Waals surface area (Å²) in [6.45, 7) is 9.06. The minimum Gasteiger partial charge on any atom is -0.385 e. The third-order valence-electron chi connectivity index (χ3n) is 2.13. The van der Waals surface area contributed by atoms with Crippen molar-refractivity contribution >= 4 is 0 Å². The lowest BCUT2D eigenvalue weighted by molar-refractivity contribution is 0.0408. The normalized spacial score (nSPS) is 15.4. The van der Waals surface area contributed by atoms with E-state index in [1.807, 2.05) is 0 Å². The Morgan fingerprint density at radius 2 is 1.93 bits per heavy atom. The molecule has 14 heavy (non-hydrogen) atoms. The van der Waals surface area contributed by atoms with Crippen LogP contribution in [0.3, 0.4) is 0 Å². The molecule has 0 heterocycles. The van der Waals surface area contributed by atoms with Gasteiger partial charge in [0.1, 0.15) is 0 Å². The van der Waals surface area contributed by atoms with Crippen LogP contribution in [0.1, 0.15) is 33.6 Å². The lowest BCUT2D eigenvalue weighted by Crippen LogP contribution is -2.30. The van der Waals surface area contributed by atoms with Crippen LogP contribution in [0.4, 0.5) is 0 Å². The van der Waals surface area contributed by atoms with Gasteiger partial charge in [-0.2, -0.15) is 0 Å². The number of ether oxygens (including phenoxy) is 2. The molecule has 2 atom stereocenters. The predicted molar refractivity (Wildman–Crippen MR) is 59.7 cm³/mol. The molecule has 86 valence electrons. The quantitative estimate of drug-likeness (QED) is 0.580. The molecule has 0 aromatic carbocycles. The van der Waals surface area contributed by atoms with Gasteiger partial charge in [-0.05, 0) is 33.2 Å². The molecule has 0 saturated heterocycles. The van der Waals surface area contributed by atoms with Crippen LogP contribution in [-0.2, 0) is 9.47 Å². The summed E-state index contributed by atoms with van der Waals surface area (Å²) in [4.78, 5) is 0. The van der Waals surface area contributed by atoms with Gasteiger partial charge in [0.25, 0.3) is 0 Å². The van der Waals surface area contributed by atoms with Crippen LogP contribution in [0.5, 0.6) is 0 Å². The van der Waals surface area contributed by atoms with Crippen molar-refractivity contribution in [3.63, 3.8) is 0 Å². The summed E-state index contributed by atoms with van der Waals surface area (Å²) >= 11 is 0. The van der Waals surface area contributed by atoms with Gasteiger partial charge >= 0.3 is 0 Å². The Balaban J connectivity index is 3.30. The van der Waals surface area contributed by atoms with Crippen LogP contribution in [0, 0.1) is 0 Å². The zero-order valence-electron chi connectivity index (χ0n) is 10.0. The molecule has 0 spiro atoms. The summed E-state index contributed by atoms with van der Waals surface area (Å²) in [5.41, 5.74) is 0. The Morgan fingerprint density at radius 1 is 1.21 bits per heavy atom. The smallest absolute Gasteiger partial charge is 0.0561 e. The van der Waals surface area contributed by atoms with Crippen molar-refractivity contribution in [2.24, 2.45) is 0 Å². The van der Waals surface area contributed by atoms with Crippen molar-refractivity contribution < 1.29 is 9.47 Å². The highest BCUT2D eigenvalue weighted by atomic mass is 16.5. The third-order valence-corrected chi connectivity index (χ3v) is 2.13. The van der Waals surface area contributed by atoms with Gasteiger partial charge in [0.2, 0.25) is 0 Å². The monoisotopic (exact) mass is 203 g/mol. The average Bonchev–Trinajstić information content (AvgIpc) is 2.13. The second-order valence-electron chi connectivity index (χ2n) is 3.72. The van der Waals surface area contributed by atoms with E-state index in [1.54, 1.807) is 7.11 Å². The van der Waals surface area contributed by atoms with E-state index in [0.29, 0.717) is 12.1 Å². The first-order valence-electron chi connectivity index (χ1n) is 5.54. The van der Waals surface area contributed by atoms with Gasteiger partial charge in [0.15, 0.2) is 0 Å². The van der Waals surface area contributed by atoms with E-state index in [9.17, 15) is 0 Å². The maximum absolute atomic E-state index is 5.64. The average molecular weight is 203 g/mol. The van der Waals surface area contributed by atoms with Crippen LogP contribution >= 0.6 is 0 Å². The highest BCUT2D eigenvalue weighted by molar-refractivity contribution is 4.63. The lowest BCUT2D eigenvalue weighted by atomic mass is 10.1. The first-order valence-corrected chi connectivity index (χ1v) is 5.54. The second kappa shape index (κ2) is 9.44. The second-order valence-corrected chi connectivity index (χ2v) is 3.72. The molecule has 0 bridgehead atoms. The van der Waals surface area contributed by atoms with Gasteiger partial charge in [-0.3, -0.25) is 0 Å². The molecule has 2 unspecified atom stereocenters. The number of hydrogen-bond donors (Lipinski definition) is 1. The van der Waals surface area contributed by atoms with E-state index in [0.717, 1.165) is 32.6 Å². The Morgan fingerprint density at radius 3 is 2.50 bits per heavy atom. The highest BCUT2D eigenvalue weighted by Crippen LogP contribution is 2.02. The molecule has 0 aliphatic heterocycles. The van der Waals surface area contributed by atoms with Crippen LogP contribution in [0.25, 0.3) is 0 Å². The number of nitrogens with one attached hydrogen (secondary N) is 1. The summed E-state index contributed by atoms with van der Waals surface area (Å²) in [6, 6.07) is 0.539. The Bertz CT molecular complexity index is 120. The number of methoxy groups -OCH3 is 1. The first kappa shape index (κ1) is 13.9. The zero-order valence-corrected chi connectivity index (χ0v) is 10.0. The van der Waals surface area contributed by atoms with E-state index in [1.165, 1.54) is 0 Å². The van der Waals surface area contributed by atoms with E-state index in [2.05, 4.69) is 26.1 Å². The minimum absolute atomic E-state index is 0.334. The summed E-state index contributed by atoms with van der Waals surface area (Å²) < 4.78 is 10.6. The van der Waals surface area contributed by atoms with Gasteiger partial charge in [-0.1, -0.05) is 6.92 Å². The molecule has 3 heteroatoms.